The van der Waals surface area contributed by atoms with Gasteiger partial charge in [-0.3, -0.25) is 4.79 Å². The minimum absolute atomic E-state index is 0.0235. The van der Waals surface area contributed by atoms with Crippen molar-refractivity contribution < 1.29 is 9.90 Å². The fourth-order valence-corrected chi connectivity index (χ4v) is 2.54. The van der Waals surface area contributed by atoms with Gasteiger partial charge in [-0.1, -0.05) is 22.0 Å². The highest BCUT2D eigenvalue weighted by atomic mass is 79.9. The molecule has 1 heterocycles. The first kappa shape index (κ1) is 13.5. The summed E-state index contributed by atoms with van der Waals surface area (Å²) in [6, 6.07) is 7.46. The Labute approximate surface area is 115 Å². The molecule has 1 unspecified atom stereocenters. The standard InChI is InChI=1S/C13H17BrN2O2/c14-10-3-1-4-11(9-10)16-7-2-6-15-12(5-8-17)13(16)18/h1,3-4,9,12,15,17H,2,5-8H2. The number of hydrogen-bond acceptors (Lipinski definition) is 3. The maximum Gasteiger partial charge on any atom is 0.244 e. The predicted molar refractivity (Wildman–Crippen MR) is 74.6 cm³/mol. The van der Waals surface area contributed by atoms with E-state index in [2.05, 4.69) is 21.2 Å². The summed E-state index contributed by atoms with van der Waals surface area (Å²) in [6.07, 6.45) is 1.38. The Morgan fingerprint density at radius 3 is 3.06 bits per heavy atom. The molecule has 0 aliphatic carbocycles. The molecule has 0 bridgehead atoms. The fourth-order valence-electron chi connectivity index (χ4n) is 2.15. The summed E-state index contributed by atoms with van der Waals surface area (Å²) >= 11 is 3.42. The van der Waals surface area contributed by atoms with Crippen LogP contribution in [0.4, 0.5) is 5.69 Å². The topological polar surface area (TPSA) is 52.6 Å². The molecule has 1 aliphatic heterocycles. The van der Waals surface area contributed by atoms with Crippen LogP contribution in [0.15, 0.2) is 28.7 Å². The number of carbonyl (C=O) groups excluding carboxylic acids is 1. The third-order valence-electron chi connectivity index (χ3n) is 3.05. The number of amides is 1. The maximum atomic E-state index is 12.4. The Hall–Kier alpha value is -0.910. The van der Waals surface area contributed by atoms with Crippen LogP contribution in [0, 0.1) is 0 Å². The Bertz CT molecular complexity index is 425. The van der Waals surface area contributed by atoms with E-state index in [4.69, 9.17) is 5.11 Å². The smallest absolute Gasteiger partial charge is 0.244 e. The van der Waals surface area contributed by atoms with Crippen LogP contribution in [-0.4, -0.2) is 36.8 Å². The Morgan fingerprint density at radius 2 is 2.33 bits per heavy atom. The van der Waals surface area contributed by atoms with E-state index in [0.29, 0.717) is 13.0 Å². The molecule has 18 heavy (non-hydrogen) atoms. The molecular weight excluding hydrogens is 296 g/mol. The molecule has 1 amide bonds. The first-order valence-corrected chi connectivity index (χ1v) is 6.93. The third kappa shape index (κ3) is 3.10. The van der Waals surface area contributed by atoms with E-state index in [9.17, 15) is 4.79 Å². The summed E-state index contributed by atoms with van der Waals surface area (Å²) in [6.45, 7) is 1.54. The van der Waals surface area contributed by atoms with Gasteiger partial charge in [0.25, 0.3) is 0 Å². The van der Waals surface area contributed by atoms with Crippen LogP contribution in [0.5, 0.6) is 0 Å². The third-order valence-corrected chi connectivity index (χ3v) is 3.54. The summed E-state index contributed by atoms with van der Waals surface area (Å²) in [4.78, 5) is 14.2. The van der Waals surface area contributed by atoms with Crippen LogP contribution in [0.25, 0.3) is 0 Å². The number of aliphatic hydroxyl groups excluding tert-OH is 1. The zero-order chi connectivity index (χ0) is 13.0. The molecule has 1 saturated heterocycles. The van der Waals surface area contributed by atoms with E-state index in [1.165, 1.54) is 0 Å². The van der Waals surface area contributed by atoms with Gasteiger partial charge in [0, 0.05) is 23.3 Å². The molecule has 4 nitrogen and oxygen atoms in total. The first-order chi connectivity index (χ1) is 8.72. The summed E-state index contributed by atoms with van der Waals surface area (Å²) in [5.74, 6) is 0.0413. The number of nitrogens with one attached hydrogen (secondary N) is 1. The van der Waals surface area contributed by atoms with Gasteiger partial charge in [-0.15, -0.1) is 0 Å². The number of rotatable bonds is 3. The predicted octanol–water partition coefficient (Wildman–Crippen LogP) is 1.53. The van der Waals surface area contributed by atoms with Gasteiger partial charge < -0.3 is 15.3 Å². The van der Waals surface area contributed by atoms with Crippen LogP contribution in [0.2, 0.25) is 0 Å². The van der Waals surface area contributed by atoms with Crippen LogP contribution in [0.1, 0.15) is 12.8 Å². The number of anilines is 1. The Balaban J connectivity index is 2.22. The summed E-state index contributed by atoms with van der Waals surface area (Å²) in [5.41, 5.74) is 0.904. The van der Waals surface area contributed by atoms with E-state index in [0.717, 1.165) is 23.1 Å². The van der Waals surface area contributed by atoms with Crippen molar-refractivity contribution in [2.45, 2.75) is 18.9 Å². The summed E-state index contributed by atoms with van der Waals surface area (Å²) < 4.78 is 0.962. The second-order valence-corrected chi connectivity index (χ2v) is 5.26. The highest BCUT2D eigenvalue weighted by Crippen LogP contribution is 2.22. The molecule has 0 spiro atoms. The van der Waals surface area contributed by atoms with Crippen LogP contribution >= 0.6 is 15.9 Å². The number of halogens is 1. The van der Waals surface area contributed by atoms with Crippen molar-refractivity contribution in [3.63, 3.8) is 0 Å². The lowest BCUT2D eigenvalue weighted by Crippen LogP contribution is -2.44. The average Bonchev–Trinajstić information content (AvgIpc) is 2.53. The van der Waals surface area contributed by atoms with Crippen LogP contribution in [-0.2, 0) is 4.79 Å². The zero-order valence-corrected chi connectivity index (χ0v) is 11.7. The quantitative estimate of drug-likeness (QED) is 0.890. The molecule has 1 aromatic rings. The number of aliphatic hydroxyl groups is 1. The van der Waals surface area contributed by atoms with Gasteiger partial charge in [0.1, 0.15) is 0 Å². The van der Waals surface area contributed by atoms with Gasteiger partial charge in [-0.05, 0) is 37.6 Å². The van der Waals surface area contributed by atoms with Gasteiger partial charge in [0.2, 0.25) is 5.91 Å². The number of nitrogens with zero attached hydrogens (tertiary/aromatic N) is 1. The fraction of sp³-hybridized carbons (Fsp3) is 0.462. The van der Waals surface area contributed by atoms with E-state index < -0.39 is 0 Å². The number of carbonyl (C=O) groups is 1. The molecule has 1 aliphatic rings. The van der Waals surface area contributed by atoms with Crippen LogP contribution in [0.3, 0.4) is 0 Å². The Kier molecular flexibility index (Phi) is 4.74. The monoisotopic (exact) mass is 312 g/mol. The minimum Gasteiger partial charge on any atom is -0.396 e. The van der Waals surface area contributed by atoms with E-state index >= 15 is 0 Å². The highest BCUT2D eigenvalue weighted by molar-refractivity contribution is 9.10. The van der Waals surface area contributed by atoms with Crippen molar-refractivity contribution in [1.82, 2.24) is 5.32 Å². The van der Waals surface area contributed by atoms with Gasteiger partial charge in [-0.25, -0.2) is 0 Å². The minimum atomic E-state index is -0.281. The number of benzene rings is 1. The number of hydrogen-bond donors (Lipinski definition) is 2. The van der Waals surface area contributed by atoms with E-state index in [1.807, 2.05) is 24.3 Å². The van der Waals surface area contributed by atoms with Gasteiger partial charge in [-0.2, -0.15) is 0 Å². The molecule has 2 rings (SSSR count). The van der Waals surface area contributed by atoms with Crippen molar-refractivity contribution in [2.24, 2.45) is 0 Å². The first-order valence-electron chi connectivity index (χ1n) is 6.13. The molecule has 98 valence electrons. The SMILES string of the molecule is O=C1C(CCO)NCCCN1c1cccc(Br)c1. The van der Waals surface area contributed by atoms with Crippen molar-refractivity contribution in [3.05, 3.63) is 28.7 Å². The second kappa shape index (κ2) is 6.31. The molecule has 1 aromatic carbocycles. The lowest BCUT2D eigenvalue weighted by molar-refractivity contribution is -0.120. The highest BCUT2D eigenvalue weighted by Gasteiger charge is 2.27. The molecule has 5 heteroatoms. The molecule has 0 saturated carbocycles. The molecular formula is C13H17BrN2O2. The van der Waals surface area contributed by atoms with Gasteiger partial charge >= 0.3 is 0 Å². The summed E-state index contributed by atoms with van der Waals surface area (Å²) in [7, 11) is 0. The molecule has 0 aromatic heterocycles. The molecule has 1 atom stereocenters. The lowest BCUT2D eigenvalue weighted by Gasteiger charge is -2.24. The van der Waals surface area contributed by atoms with Crippen molar-refractivity contribution in [1.29, 1.82) is 0 Å². The maximum absolute atomic E-state index is 12.4. The second-order valence-electron chi connectivity index (χ2n) is 4.34. The normalized spacial score (nSPS) is 20.9. The Morgan fingerprint density at radius 1 is 1.50 bits per heavy atom. The van der Waals surface area contributed by atoms with Crippen molar-refractivity contribution >= 4 is 27.5 Å². The van der Waals surface area contributed by atoms with Gasteiger partial charge in [0.15, 0.2) is 0 Å². The van der Waals surface area contributed by atoms with Crippen LogP contribution < -0.4 is 10.2 Å². The molecule has 0 radical (unpaired) electrons. The zero-order valence-electron chi connectivity index (χ0n) is 10.1. The summed E-state index contributed by atoms with van der Waals surface area (Å²) in [5, 5.41) is 12.2. The molecule has 1 fully saturated rings. The molecule has 2 N–H and O–H groups in total. The van der Waals surface area contributed by atoms with E-state index in [1.54, 1.807) is 4.90 Å². The van der Waals surface area contributed by atoms with Crippen molar-refractivity contribution in [3.8, 4) is 0 Å². The largest absolute Gasteiger partial charge is 0.396 e. The lowest BCUT2D eigenvalue weighted by atomic mass is 10.2. The van der Waals surface area contributed by atoms with Crippen molar-refractivity contribution in [2.75, 3.05) is 24.6 Å². The average molecular weight is 313 g/mol. The van der Waals surface area contributed by atoms with E-state index in [-0.39, 0.29) is 18.6 Å². The van der Waals surface area contributed by atoms with Gasteiger partial charge in [0.05, 0.1) is 6.04 Å².